The molecule has 0 radical (unpaired) electrons. The van der Waals surface area contributed by atoms with Crippen LogP contribution in [0.25, 0.3) is 0 Å². The molecule has 0 saturated heterocycles. The summed E-state index contributed by atoms with van der Waals surface area (Å²) >= 11 is 0. The average Bonchev–Trinajstić information content (AvgIpc) is 2.45. The van der Waals surface area contributed by atoms with Crippen LogP contribution in [0.5, 0.6) is 11.5 Å². The Balaban J connectivity index is 2.01. The third-order valence-electron chi connectivity index (χ3n) is 4.30. The highest BCUT2D eigenvalue weighted by atomic mass is 16.5. The molecular formula is C16H25NO3. The molecule has 1 aromatic rings. The van der Waals surface area contributed by atoms with Crippen LogP contribution in [-0.2, 0) is 6.54 Å². The van der Waals surface area contributed by atoms with Gasteiger partial charge in [-0.25, -0.2) is 0 Å². The molecule has 1 aliphatic carbocycles. The van der Waals surface area contributed by atoms with Crippen molar-refractivity contribution in [1.29, 1.82) is 0 Å². The van der Waals surface area contributed by atoms with Crippen molar-refractivity contribution in [1.82, 2.24) is 5.32 Å². The van der Waals surface area contributed by atoms with E-state index in [-0.39, 0.29) is 17.9 Å². The summed E-state index contributed by atoms with van der Waals surface area (Å²) in [5, 5.41) is 23.0. The van der Waals surface area contributed by atoms with Crippen LogP contribution in [0.2, 0.25) is 0 Å². The molecule has 0 bridgehead atoms. The predicted molar refractivity (Wildman–Crippen MR) is 78.9 cm³/mol. The molecule has 20 heavy (non-hydrogen) atoms. The Labute approximate surface area is 120 Å². The SMILES string of the molecule is COc1ccc(CNC2(CO)CCCC(C)C2)cc1O. The van der Waals surface area contributed by atoms with Crippen LogP contribution in [0, 0.1) is 5.92 Å². The first-order valence-electron chi connectivity index (χ1n) is 7.30. The van der Waals surface area contributed by atoms with Gasteiger partial charge in [0.1, 0.15) is 0 Å². The average molecular weight is 279 g/mol. The van der Waals surface area contributed by atoms with Crippen molar-refractivity contribution in [3.63, 3.8) is 0 Å². The van der Waals surface area contributed by atoms with Crippen molar-refractivity contribution in [2.45, 2.75) is 44.7 Å². The molecule has 4 heteroatoms. The van der Waals surface area contributed by atoms with E-state index < -0.39 is 0 Å². The molecule has 3 N–H and O–H groups in total. The van der Waals surface area contributed by atoms with Crippen molar-refractivity contribution in [2.75, 3.05) is 13.7 Å². The Kier molecular flexibility index (Phi) is 4.89. The fraction of sp³-hybridized carbons (Fsp3) is 0.625. The maximum Gasteiger partial charge on any atom is 0.160 e. The lowest BCUT2D eigenvalue weighted by Gasteiger charge is -2.39. The lowest BCUT2D eigenvalue weighted by atomic mass is 9.77. The lowest BCUT2D eigenvalue weighted by Crippen LogP contribution is -2.51. The van der Waals surface area contributed by atoms with E-state index in [1.165, 1.54) is 13.5 Å². The van der Waals surface area contributed by atoms with Crippen molar-refractivity contribution in [3.05, 3.63) is 23.8 Å². The minimum absolute atomic E-state index is 0.155. The summed E-state index contributed by atoms with van der Waals surface area (Å²) in [5.74, 6) is 1.28. The summed E-state index contributed by atoms with van der Waals surface area (Å²) in [5.41, 5.74) is 0.821. The lowest BCUT2D eigenvalue weighted by molar-refractivity contribution is 0.0982. The zero-order chi connectivity index (χ0) is 14.6. The molecule has 0 aromatic heterocycles. The fourth-order valence-electron chi connectivity index (χ4n) is 3.16. The van der Waals surface area contributed by atoms with Gasteiger partial charge in [-0.15, -0.1) is 0 Å². The van der Waals surface area contributed by atoms with Crippen LogP contribution in [0.3, 0.4) is 0 Å². The van der Waals surface area contributed by atoms with Gasteiger partial charge >= 0.3 is 0 Å². The summed E-state index contributed by atoms with van der Waals surface area (Å²) in [6.45, 7) is 3.05. The Hall–Kier alpha value is -1.26. The molecule has 4 nitrogen and oxygen atoms in total. The van der Waals surface area contributed by atoms with E-state index in [4.69, 9.17) is 4.74 Å². The molecule has 1 fully saturated rings. The highest BCUT2D eigenvalue weighted by Gasteiger charge is 2.33. The summed E-state index contributed by atoms with van der Waals surface area (Å²) in [7, 11) is 1.54. The summed E-state index contributed by atoms with van der Waals surface area (Å²) in [6, 6.07) is 5.41. The maximum atomic E-state index is 9.79. The number of benzene rings is 1. The van der Waals surface area contributed by atoms with Crippen LogP contribution >= 0.6 is 0 Å². The van der Waals surface area contributed by atoms with Gasteiger partial charge in [-0.3, -0.25) is 0 Å². The number of rotatable bonds is 5. The Morgan fingerprint density at radius 1 is 1.45 bits per heavy atom. The topological polar surface area (TPSA) is 61.7 Å². The number of hydrogen-bond donors (Lipinski definition) is 3. The van der Waals surface area contributed by atoms with Gasteiger partial charge in [0.05, 0.1) is 13.7 Å². The molecular weight excluding hydrogens is 254 g/mol. The number of ether oxygens (including phenoxy) is 1. The van der Waals surface area contributed by atoms with Crippen LogP contribution in [-0.4, -0.2) is 29.5 Å². The first-order valence-corrected chi connectivity index (χ1v) is 7.30. The van der Waals surface area contributed by atoms with Crippen LogP contribution in [0.15, 0.2) is 18.2 Å². The Morgan fingerprint density at radius 3 is 2.85 bits per heavy atom. The molecule has 1 aromatic carbocycles. The summed E-state index contributed by atoms with van der Waals surface area (Å²) < 4.78 is 5.04. The summed E-state index contributed by atoms with van der Waals surface area (Å²) in [4.78, 5) is 0. The van der Waals surface area contributed by atoms with E-state index in [2.05, 4.69) is 12.2 Å². The minimum Gasteiger partial charge on any atom is -0.504 e. The van der Waals surface area contributed by atoms with Crippen LogP contribution < -0.4 is 10.1 Å². The van der Waals surface area contributed by atoms with Crippen molar-refractivity contribution in [2.24, 2.45) is 5.92 Å². The smallest absolute Gasteiger partial charge is 0.160 e. The number of methoxy groups -OCH3 is 1. The van der Waals surface area contributed by atoms with E-state index in [0.717, 1.165) is 24.8 Å². The first kappa shape index (κ1) is 15.1. The molecule has 112 valence electrons. The van der Waals surface area contributed by atoms with E-state index in [0.29, 0.717) is 18.2 Å². The highest BCUT2D eigenvalue weighted by Crippen LogP contribution is 2.32. The van der Waals surface area contributed by atoms with Gasteiger partial charge < -0.3 is 20.3 Å². The van der Waals surface area contributed by atoms with Crippen LogP contribution in [0.1, 0.15) is 38.2 Å². The quantitative estimate of drug-likeness (QED) is 0.774. The number of phenols is 1. The van der Waals surface area contributed by atoms with Gasteiger partial charge in [-0.2, -0.15) is 0 Å². The zero-order valence-electron chi connectivity index (χ0n) is 12.4. The fourth-order valence-corrected chi connectivity index (χ4v) is 3.16. The zero-order valence-corrected chi connectivity index (χ0v) is 12.4. The molecule has 0 spiro atoms. The molecule has 2 rings (SSSR count). The van der Waals surface area contributed by atoms with Gasteiger partial charge in [0.15, 0.2) is 11.5 Å². The molecule has 2 unspecified atom stereocenters. The number of phenolic OH excluding ortho intramolecular Hbond substituents is 1. The minimum atomic E-state index is -0.173. The molecule has 1 saturated carbocycles. The Morgan fingerprint density at radius 2 is 2.25 bits per heavy atom. The third kappa shape index (κ3) is 3.44. The molecule has 0 heterocycles. The summed E-state index contributed by atoms with van der Waals surface area (Å²) in [6.07, 6.45) is 4.41. The predicted octanol–water partition coefficient (Wildman–Crippen LogP) is 2.43. The number of nitrogens with one attached hydrogen (secondary N) is 1. The number of aromatic hydroxyl groups is 1. The molecule has 1 aliphatic rings. The van der Waals surface area contributed by atoms with Crippen molar-refractivity contribution >= 4 is 0 Å². The largest absolute Gasteiger partial charge is 0.504 e. The maximum absolute atomic E-state index is 9.79. The number of aliphatic hydroxyl groups excluding tert-OH is 1. The van der Waals surface area contributed by atoms with Gasteiger partial charge in [-0.05, 0) is 36.5 Å². The standard InChI is InChI=1S/C16H25NO3/c1-12-4-3-7-16(9-12,11-18)17-10-13-5-6-15(20-2)14(19)8-13/h5-6,8,12,17-19H,3-4,7,9-11H2,1-2H3. The highest BCUT2D eigenvalue weighted by molar-refractivity contribution is 5.41. The molecule has 0 amide bonds. The first-order chi connectivity index (χ1) is 9.58. The Bertz CT molecular complexity index is 449. The second-order valence-corrected chi connectivity index (χ2v) is 6.00. The second-order valence-electron chi connectivity index (χ2n) is 6.00. The van der Waals surface area contributed by atoms with Gasteiger partial charge in [0.2, 0.25) is 0 Å². The molecule has 2 atom stereocenters. The number of hydrogen-bond acceptors (Lipinski definition) is 4. The van der Waals surface area contributed by atoms with Crippen molar-refractivity contribution < 1.29 is 14.9 Å². The van der Waals surface area contributed by atoms with E-state index in [9.17, 15) is 10.2 Å². The number of aliphatic hydroxyl groups is 1. The van der Waals surface area contributed by atoms with Crippen molar-refractivity contribution in [3.8, 4) is 11.5 Å². The van der Waals surface area contributed by atoms with Gasteiger partial charge in [-0.1, -0.05) is 25.8 Å². The van der Waals surface area contributed by atoms with Gasteiger partial charge in [0, 0.05) is 12.1 Å². The van der Waals surface area contributed by atoms with E-state index >= 15 is 0 Å². The third-order valence-corrected chi connectivity index (χ3v) is 4.30. The molecule has 0 aliphatic heterocycles. The normalized spacial score (nSPS) is 26.4. The van der Waals surface area contributed by atoms with E-state index in [1.807, 2.05) is 6.07 Å². The van der Waals surface area contributed by atoms with Gasteiger partial charge in [0.25, 0.3) is 0 Å². The monoisotopic (exact) mass is 279 g/mol. The second kappa shape index (κ2) is 6.46. The van der Waals surface area contributed by atoms with Crippen LogP contribution in [0.4, 0.5) is 0 Å². The van der Waals surface area contributed by atoms with E-state index in [1.54, 1.807) is 12.1 Å².